The van der Waals surface area contributed by atoms with Crippen molar-refractivity contribution in [3.63, 3.8) is 0 Å². The van der Waals surface area contributed by atoms with Crippen LogP contribution >= 0.6 is 11.8 Å². The van der Waals surface area contributed by atoms with Gasteiger partial charge >= 0.3 is 0 Å². The average Bonchev–Trinajstić information content (AvgIpc) is 3.07. The maximum Gasteiger partial charge on any atom is 0.230 e. The minimum absolute atomic E-state index is 0.0764. The van der Waals surface area contributed by atoms with Crippen LogP contribution in [0.15, 0.2) is 47.8 Å². The predicted molar refractivity (Wildman–Crippen MR) is 95.1 cm³/mol. The van der Waals surface area contributed by atoms with Crippen molar-refractivity contribution in [3.05, 3.63) is 48.2 Å². The zero-order chi connectivity index (χ0) is 17.6. The number of nitrogens with one attached hydrogen (secondary N) is 1. The zero-order valence-electron chi connectivity index (χ0n) is 13.9. The van der Waals surface area contributed by atoms with E-state index >= 15 is 0 Å². The smallest absolute Gasteiger partial charge is 0.230 e. The number of pyridine rings is 1. The van der Waals surface area contributed by atoms with Gasteiger partial charge in [-0.3, -0.25) is 9.20 Å². The molecule has 1 aromatic carbocycles. The second-order valence-corrected chi connectivity index (χ2v) is 6.11. The number of amides is 1. The summed E-state index contributed by atoms with van der Waals surface area (Å²) in [4.78, 5) is 12.1. The molecule has 2 aromatic heterocycles. The number of aromatic nitrogens is 3. The maximum absolute atomic E-state index is 12.1. The van der Waals surface area contributed by atoms with Gasteiger partial charge in [-0.2, -0.15) is 0 Å². The van der Waals surface area contributed by atoms with Gasteiger partial charge in [-0.15, -0.1) is 10.2 Å². The van der Waals surface area contributed by atoms with Crippen LogP contribution in [-0.2, 0) is 11.3 Å². The van der Waals surface area contributed by atoms with E-state index in [1.165, 1.54) is 11.8 Å². The van der Waals surface area contributed by atoms with Gasteiger partial charge in [0.2, 0.25) is 5.91 Å². The van der Waals surface area contributed by atoms with E-state index in [1.54, 1.807) is 14.2 Å². The number of nitrogens with zero attached hydrogens (tertiary/aromatic N) is 3. The lowest BCUT2D eigenvalue weighted by Crippen LogP contribution is -2.24. The normalized spacial score (nSPS) is 10.6. The lowest BCUT2D eigenvalue weighted by Gasteiger charge is -2.10. The number of benzene rings is 1. The zero-order valence-corrected chi connectivity index (χ0v) is 14.7. The Kier molecular flexibility index (Phi) is 5.39. The molecule has 0 saturated heterocycles. The molecule has 0 aliphatic carbocycles. The van der Waals surface area contributed by atoms with Crippen molar-refractivity contribution in [3.8, 4) is 11.5 Å². The van der Waals surface area contributed by atoms with Crippen molar-refractivity contribution in [1.82, 2.24) is 19.9 Å². The van der Waals surface area contributed by atoms with Crippen molar-refractivity contribution >= 4 is 23.3 Å². The Hall–Kier alpha value is -2.74. The first-order chi connectivity index (χ1) is 12.2. The molecule has 0 fully saturated rings. The maximum atomic E-state index is 12.1. The third kappa shape index (κ3) is 4.03. The molecule has 3 aromatic rings. The van der Waals surface area contributed by atoms with Crippen LogP contribution in [0.3, 0.4) is 0 Å². The Morgan fingerprint density at radius 3 is 2.80 bits per heavy atom. The van der Waals surface area contributed by atoms with Gasteiger partial charge in [0, 0.05) is 12.7 Å². The van der Waals surface area contributed by atoms with E-state index in [0.717, 1.165) is 11.2 Å². The molecule has 0 unspecified atom stereocenters. The number of carbonyl (C=O) groups is 1. The largest absolute Gasteiger partial charge is 0.493 e. The second-order valence-electron chi connectivity index (χ2n) is 5.17. The number of ether oxygens (including phenoxy) is 2. The molecule has 0 aliphatic rings. The standard InChI is InChI=1S/C17H18N4O3S/c1-23-13-7-6-12(9-14(13)24-2)10-18-16(22)11-25-17-20-19-15-5-3-4-8-21(15)17/h3-9H,10-11H2,1-2H3,(H,18,22). The first-order valence-electron chi connectivity index (χ1n) is 7.61. The number of hydrogen-bond acceptors (Lipinski definition) is 6. The molecule has 3 rings (SSSR count). The van der Waals surface area contributed by atoms with Gasteiger partial charge < -0.3 is 14.8 Å². The van der Waals surface area contributed by atoms with Crippen LogP contribution < -0.4 is 14.8 Å². The number of thioether (sulfide) groups is 1. The molecule has 2 heterocycles. The fourth-order valence-electron chi connectivity index (χ4n) is 2.29. The number of methoxy groups -OCH3 is 2. The van der Waals surface area contributed by atoms with E-state index in [-0.39, 0.29) is 11.7 Å². The summed E-state index contributed by atoms with van der Waals surface area (Å²) < 4.78 is 12.3. The van der Waals surface area contributed by atoms with E-state index in [9.17, 15) is 4.79 Å². The summed E-state index contributed by atoms with van der Waals surface area (Å²) >= 11 is 1.35. The number of rotatable bonds is 7. The van der Waals surface area contributed by atoms with Crippen molar-refractivity contribution in [2.24, 2.45) is 0 Å². The highest BCUT2D eigenvalue weighted by Gasteiger charge is 2.09. The summed E-state index contributed by atoms with van der Waals surface area (Å²) in [5.41, 5.74) is 1.69. The summed E-state index contributed by atoms with van der Waals surface area (Å²) in [5, 5.41) is 11.7. The first-order valence-corrected chi connectivity index (χ1v) is 8.60. The first kappa shape index (κ1) is 17.1. The molecule has 130 valence electrons. The molecule has 0 atom stereocenters. The monoisotopic (exact) mass is 358 g/mol. The summed E-state index contributed by atoms with van der Waals surface area (Å²) in [5.74, 6) is 1.49. The van der Waals surface area contributed by atoms with Gasteiger partial charge in [0.05, 0.1) is 20.0 Å². The van der Waals surface area contributed by atoms with Gasteiger partial charge in [-0.1, -0.05) is 23.9 Å². The summed E-state index contributed by atoms with van der Waals surface area (Å²) in [6.45, 7) is 0.417. The molecule has 1 N–H and O–H groups in total. The van der Waals surface area contributed by atoms with Gasteiger partial charge in [-0.25, -0.2) is 0 Å². The highest BCUT2D eigenvalue weighted by Crippen LogP contribution is 2.27. The SMILES string of the molecule is COc1ccc(CNC(=O)CSc2nnc3ccccn23)cc1OC. The Labute approximate surface area is 149 Å². The highest BCUT2D eigenvalue weighted by atomic mass is 32.2. The Morgan fingerprint density at radius 2 is 2.00 bits per heavy atom. The van der Waals surface area contributed by atoms with E-state index in [0.29, 0.717) is 23.2 Å². The molecule has 25 heavy (non-hydrogen) atoms. The summed E-state index contributed by atoms with van der Waals surface area (Å²) in [7, 11) is 3.17. The van der Waals surface area contributed by atoms with E-state index in [1.807, 2.05) is 47.0 Å². The molecule has 0 bridgehead atoms. The van der Waals surface area contributed by atoms with Gasteiger partial charge in [0.1, 0.15) is 0 Å². The van der Waals surface area contributed by atoms with Crippen molar-refractivity contribution in [1.29, 1.82) is 0 Å². The molecule has 0 radical (unpaired) electrons. The van der Waals surface area contributed by atoms with E-state index in [2.05, 4.69) is 15.5 Å². The van der Waals surface area contributed by atoms with Gasteiger partial charge in [0.25, 0.3) is 0 Å². The van der Waals surface area contributed by atoms with Crippen LogP contribution in [-0.4, -0.2) is 40.5 Å². The van der Waals surface area contributed by atoms with Gasteiger partial charge in [0.15, 0.2) is 22.3 Å². The van der Waals surface area contributed by atoms with Crippen molar-refractivity contribution < 1.29 is 14.3 Å². The van der Waals surface area contributed by atoms with Crippen LogP contribution in [0.1, 0.15) is 5.56 Å². The lowest BCUT2D eigenvalue weighted by molar-refractivity contribution is -0.118. The third-order valence-electron chi connectivity index (χ3n) is 3.55. The molecule has 7 nitrogen and oxygen atoms in total. The molecule has 8 heteroatoms. The minimum atomic E-state index is -0.0764. The number of carbonyl (C=O) groups excluding carboxylic acids is 1. The van der Waals surface area contributed by atoms with Crippen LogP contribution in [0.2, 0.25) is 0 Å². The summed E-state index contributed by atoms with van der Waals surface area (Å²) in [6, 6.07) is 11.2. The summed E-state index contributed by atoms with van der Waals surface area (Å²) in [6.07, 6.45) is 1.87. The van der Waals surface area contributed by atoms with Gasteiger partial charge in [-0.05, 0) is 29.8 Å². The van der Waals surface area contributed by atoms with E-state index < -0.39 is 0 Å². The molecule has 0 spiro atoms. The molecular weight excluding hydrogens is 340 g/mol. The third-order valence-corrected chi connectivity index (χ3v) is 4.50. The average molecular weight is 358 g/mol. The van der Waals surface area contributed by atoms with Crippen molar-refractivity contribution in [2.75, 3.05) is 20.0 Å². The molecular formula is C17H18N4O3S. The van der Waals surface area contributed by atoms with Crippen LogP contribution in [0.25, 0.3) is 5.65 Å². The molecule has 0 saturated carbocycles. The fraction of sp³-hybridized carbons (Fsp3) is 0.235. The molecule has 0 aliphatic heterocycles. The number of fused-ring (bicyclic) bond motifs is 1. The Balaban J connectivity index is 1.54. The highest BCUT2D eigenvalue weighted by molar-refractivity contribution is 7.99. The predicted octanol–water partition coefficient (Wildman–Crippen LogP) is 2.16. The lowest BCUT2D eigenvalue weighted by atomic mass is 10.2. The van der Waals surface area contributed by atoms with Crippen LogP contribution in [0.4, 0.5) is 0 Å². The topological polar surface area (TPSA) is 77.8 Å². The quantitative estimate of drug-likeness (QED) is 0.652. The Bertz CT molecular complexity index is 881. The molecule has 1 amide bonds. The van der Waals surface area contributed by atoms with Crippen molar-refractivity contribution in [2.45, 2.75) is 11.7 Å². The van der Waals surface area contributed by atoms with E-state index in [4.69, 9.17) is 9.47 Å². The van der Waals surface area contributed by atoms with Crippen LogP contribution in [0.5, 0.6) is 11.5 Å². The second kappa shape index (κ2) is 7.89. The number of hydrogen-bond donors (Lipinski definition) is 1. The van der Waals surface area contributed by atoms with Crippen LogP contribution in [0, 0.1) is 0 Å². The Morgan fingerprint density at radius 1 is 1.16 bits per heavy atom. The minimum Gasteiger partial charge on any atom is -0.493 e. The fourth-order valence-corrected chi connectivity index (χ4v) is 3.04.